The zero-order chi connectivity index (χ0) is 19.0. The van der Waals surface area contributed by atoms with E-state index >= 15 is 0 Å². The highest BCUT2D eigenvalue weighted by Crippen LogP contribution is 2.31. The quantitative estimate of drug-likeness (QED) is 0.665. The van der Waals surface area contributed by atoms with Crippen LogP contribution in [0.25, 0.3) is 0 Å². The summed E-state index contributed by atoms with van der Waals surface area (Å²) < 4.78 is 5.34. The van der Waals surface area contributed by atoms with Crippen LogP contribution in [0.2, 0.25) is 0 Å². The molecule has 0 saturated carbocycles. The number of nitrogens with two attached hydrogens (primary N) is 1. The molecule has 7 heteroatoms. The van der Waals surface area contributed by atoms with E-state index in [0.29, 0.717) is 50.4 Å². The maximum absolute atomic E-state index is 12.7. The average molecular weight is 394 g/mol. The number of hydrogen-bond donors (Lipinski definition) is 2. The zero-order valence-corrected chi connectivity index (χ0v) is 16.3. The Kier molecular flexibility index (Phi) is 9.21. The highest BCUT2D eigenvalue weighted by molar-refractivity contribution is 5.97. The van der Waals surface area contributed by atoms with Gasteiger partial charge in [-0.25, -0.2) is 0 Å². The molecule has 1 heterocycles. The molecule has 1 aliphatic heterocycles. The van der Waals surface area contributed by atoms with E-state index in [-0.39, 0.29) is 30.8 Å². The van der Waals surface area contributed by atoms with Crippen molar-refractivity contribution in [2.45, 2.75) is 12.8 Å². The van der Waals surface area contributed by atoms with Gasteiger partial charge in [-0.3, -0.25) is 9.59 Å². The number of hydrogen-bond acceptors (Lipinski definition) is 4. The fraction of sp³-hybridized carbons (Fsp3) is 0.400. The Bertz CT molecular complexity index is 645. The summed E-state index contributed by atoms with van der Waals surface area (Å²) in [6.45, 7) is 9.61. The number of anilines is 1. The fourth-order valence-corrected chi connectivity index (χ4v) is 2.98. The van der Waals surface area contributed by atoms with E-state index in [1.54, 1.807) is 41.3 Å². The molecule has 0 atom stereocenters. The Morgan fingerprint density at radius 1 is 1.15 bits per heavy atom. The van der Waals surface area contributed by atoms with Gasteiger partial charge >= 0.3 is 0 Å². The van der Waals surface area contributed by atoms with Crippen molar-refractivity contribution < 1.29 is 14.3 Å². The van der Waals surface area contributed by atoms with E-state index in [2.05, 4.69) is 18.5 Å². The van der Waals surface area contributed by atoms with Gasteiger partial charge in [-0.05, 0) is 37.1 Å². The highest BCUT2D eigenvalue weighted by Gasteiger charge is 2.38. The number of benzene rings is 1. The van der Waals surface area contributed by atoms with E-state index in [1.165, 1.54) is 0 Å². The molecule has 1 aliphatic rings. The minimum absolute atomic E-state index is 0. The van der Waals surface area contributed by atoms with Gasteiger partial charge in [0.05, 0.1) is 5.41 Å². The second-order valence-electron chi connectivity index (χ2n) is 6.42. The molecule has 0 spiro atoms. The maximum Gasteiger partial charge on any atom is 0.254 e. The SMILES string of the molecule is C=CCN(CC=C)C(=O)c1ccc(NC(=O)C2(CN)CCOCC2)cc1.Cl. The number of rotatable bonds is 8. The Morgan fingerprint density at radius 3 is 2.19 bits per heavy atom. The van der Waals surface area contributed by atoms with Gasteiger partial charge in [-0.1, -0.05) is 12.2 Å². The van der Waals surface area contributed by atoms with Crippen LogP contribution in [-0.2, 0) is 9.53 Å². The van der Waals surface area contributed by atoms with Crippen molar-refractivity contribution in [3.8, 4) is 0 Å². The predicted octanol–water partition coefficient (Wildman–Crippen LogP) is 2.62. The molecule has 1 aromatic rings. The third-order valence-corrected chi connectivity index (χ3v) is 4.70. The molecule has 2 rings (SSSR count). The summed E-state index contributed by atoms with van der Waals surface area (Å²) in [7, 11) is 0. The van der Waals surface area contributed by atoms with Gasteiger partial charge in [0.15, 0.2) is 0 Å². The van der Waals surface area contributed by atoms with Crippen LogP contribution < -0.4 is 11.1 Å². The molecule has 0 bridgehead atoms. The van der Waals surface area contributed by atoms with Gasteiger partial charge in [-0.15, -0.1) is 25.6 Å². The van der Waals surface area contributed by atoms with Crippen LogP contribution in [0.3, 0.4) is 0 Å². The van der Waals surface area contributed by atoms with Gasteiger partial charge in [0.1, 0.15) is 0 Å². The third kappa shape index (κ3) is 5.66. The fourth-order valence-electron chi connectivity index (χ4n) is 2.98. The normalized spacial score (nSPS) is 15.1. The molecule has 0 aliphatic carbocycles. The van der Waals surface area contributed by atoms with Gasteiger partial charge < -0.3 is 20.7 Å². The highest BCUT2D eigenvalue weighted by atomic mass is 35.5. The Morgan fingerprint density at radius 2 is 1.70 bits per heavy atom. The molecule has 0 radical (unpaired) electrons. The Balaban J connectivity index is 0.00000364. The van der Waals surface area contributed by atoms with Crippen LogP contribution in [0.15, 0.2) is 49.6 Å². The van der Waals surface area contributed by atoms with Crippen molar-refractivity contribution in [1.82, 2.24) is 4.90 Å². The molecular formula is C20H28ClN3O3. The number of carbonyl (C=O) groups is 2. The van der Waals surface area contributed by atoms with Crippen molar-refractivity contribution in [2.24, 2.45) is 11.1 Å². The van der Waals surface area contributed by atoms with Gasteiger partial charge in [-0.2, -0.15) is 0 Å². The average Bonchev–Trinajstić information content (AvgIpc) is 2.68. The van der Waals surface area contributed by atoms with E-state index in [9.17, 15) is 9.59 Å². The smallest absolute Gasteiger partial charge is 0.254 e. The molecule has 148 valence electrons. The number of ether oxygens (including phenoxy) is 1. The van der Waals surface area contributed by atoms with Crippen LogP contribution in [-0.4, -0.2) is 49.6 Å². The zero-order valence-electron chi connectivity index (χ0n) is 15.5. The molecule has 6 nitrogen and oxygen atoms in total. The molecule has 1 saturated heterocycles. The van der Waals surface area contributed by atoms with Gasteiger partial charge in [0, 0.05) is 44.1 Å². The number of amides is 2. The Labute approximate surface area is 166 Å². The lowest BCUT2D eigenvalue weighted by molar-refractivity contribution is -0.130. The summed E-state index contributed by atoms with van der Waals surface area (Å²) in [5.41, 5.74) is 6.47. The van der Waals surface area contributed by atoms with Crippen molar-refractivity contribution in [3.05, 3.63) is 55.1 Å². The third-order valence-electron chi connectivity index (χ3n) is 4.70. The molecule has 0 unspecified atom stereocenters. The van der Waals surface area contributed by atoms with Gasteiger partial charge in [0.25, 0.3) is 5.91 Å². The lowest BCUT2D eigenvalue weighted by atomic mass is 9.79. The van der Waals surface area contributed by atoms with Crippen molar-refractivity contribution in [1.29, 1.82) is 0 Å². The van der Waals surface area contributed by atoms with Crippen molar-refractivity contribution in [2.75, 3.05) is 38.2 Å². The van der Waals surface area contributed by atoms with Crippen LogP contribution in [0.5, 0.6) is 0 Å². The van der Waals surface area contributed by atoms with Crippen LogP contribution in [0, 0.1) is 5.41 Å². The first-order chi connectivity index (χ1) is 12.6. The van der Waals surface area contributed by atoms with E-state index in [0.717, 1.165) is 0 Å². The van der Waals surface area contributed by atoms with Crippen molar-refractivity contribution >= 4 is 29.9 Å². The largest absolute Gasteiger partial charge is 0.381 e. The van der Waals surface area contributed by atoms with Crippen LogP contribution in [0.1, 0.15) is 23.2 Å². The standard InChI is InChI=1S/C20H27N3O3.ClH/c1-3-11-23(12-4-2)18(24)16-5-7-17(8-6-16)22-19(25)20(15-21)9-13-26-14-10-20;/h3-8H,1-2,9-15,21H2,(H,22,25);1H. The summed E-state index contributed by atoms with van der Waals surface area (Å²) in [4.78, 5) is 26.8. The second-order valence-corrected chi connectivity index (χ2v) is 6.42. The van der Waals surface area contributed by atoms with Crippen LogP contribution in [0.4, 0.5) is 5.69 Å². The summed E-state index contributed by atoms with van der Waals surface area (Å²) >= 11 is 0. The van der Waals surface area contributed by atoms with E-state index < -0.39 is 5.41 Å². The molecular weight excluding hydrogens is 366 g/mol. The maximum atomic E-state index is 12.7. The Hall–Kier alpha value is -2.15. The molecule has 0 aromatic heterocycles. The van der Waals surface area contributed by atoms with E-state index in [1.807, 2.05) is 0 Å². The summed E-state index contributed by atoms with van der Waals surface area (Å²) in [6.07, 6.45) is 4.58. The molecule has 2 amide bonds. The number of nitrogens with zero attached hydrogens (tertiary/aromatic N) is 1. The monoisotopic (exact) mass is 393 g/mol. The molecule has 27 heavy (non-hydrogen) atoms. The second kappa shape index (κ2) is 10.9. The van der Waals surface area contributed by atoms with Crippen LogP contribution >= 0.6 is 12.4 Å². The lowest BCUT2D eigenvalue weighted by Crippen LogP contribution is -2.46. The topological polar surface area (TPSA) is 84.7 Å². The summed E-state index contributed by atoms with van der Waals surface area (Å²) in [5, 5.41) is 2.92. The molecule has 3 N–H and O–H groups in total. The number of halogens is 1. The molecule has 1 fully saturated rings. The van der Waals surface area contributed by atoms with Crippen molar-refractivity contribution in [3.63, 3.8) is 0 Å². The summed E-state index contributed by atoms with van der Waals surface area (Å²) in [6, 6.07) is 6.87. The minimum atomic E-state index is -0.586. The lowest BCUT2D eigenvalue weighted by Gasteiger charge is -2.34. The van der Waals surface area contributed by atoms with E-state index in [4.69, 9.17) is 10.5 Å². The number of carbonyl (C=O) groups excluding carboxylic acids is 2. The molecule has 1 aromatic carbocycles. The first-order valence-electron chi connectivity index (χ1n) is 8.76. The number of nitrogens with one attached hydrogen (secondary N) is 1. The van der Waals surface area contributed by atoms with Gasteiger partial charge in [0.2, 0.25) is 5.91 Å². The first-order valence-corrected chi connectivity index (χ1v) is 8.76. The summed E-state index contributed by atoms with van der Waals surface area (Å²) in [5.74, 6) is -0.201. The predicted molar refractivity (Wildman–Crippen MR) is 110 cm³/mol. The minimum Gasteiger partial charge on any atom is -0.381 e. The first kappa shape index (κ1) is 22.9.